The van der Waals surface area contributed by atoms with Gasteiger partial charge in [0.2, 0.25) is 5.91 Å². The van der Waals surface area contributed by atoms with E-state index >= 15 is 0 Å². The summed E-state index contributed by atoms with van der Waals surface area (Å²) in [6.45, 7) is 2.92. The number of carbonyl (C=O) groups is 2. The summed E-state index contributed by atoms with van der Waals surface area (Å²) in [5, 5.41) is 12.2. The molecule has 2 saturated heterocycles. The van der Waals surface area contributed by atoms with Crippen LogP contribution < -0.4 is 5.32 Å². The van der Waals surface area contributed by atoms with Gasteiger partial charge in [-0.2, -0.15) is 0 Å². The molecule has 2 N–H and O–H groups in total. The number of nitrogens with one attached hydrogen (secondary N) is 1. The predicted octanol–water partition coefficient (Wildman–Crippen LogP) is 0.309. The zero-order chi connectivity index (χ0) is 12.3. The molecule has 1 amide bonds. The summed E-state index contributed by atoms with van der Waals surface area (Å²) in [7, 11) is 0. The van der Waals surface area contributed by atoms with Crippen LogP contribution in [0.25, 0.3) is 0 Å². The SMILES string of the molecule is O=C(O)[C@H]1CCCN(C(=O)C2CCNCC2)C1. The normalized spacial score (nSPS) is 26.8. The number of amides is 1. The molecule has 2 fully saturated rings. The fourth-order valence-corrected chi connectivity index (χ4v) is 2.71. The molecule has 2 aliphatic heterocycles. The van der Waals surface area contributed by atoms with Gasteiger partial charge < -0.3 is 15.3 Å². The van der Waals surface area contributed by atoms with E-state index in [0.29, 0.717) is 13.0 Å². The van der Waals surface area contributed by atoms with Gasteiger partial charge in [0.25, 0.3) is 0 Å². The van der Waals surface area contributed by atoms with E-state index in [1.165, 1.54) is 0 Å². The Hall–Kier alpha value is -1.10. The minimum absolute atomic E-state index is 0.101. The Morgan fingerprint density at radius 1 is 1.12 bits per heavy atom. The van der Waals surface area contributed by atoms with Crippen LogP contribution in [0.3, 0.4) is 0 Å². The molecule has 17 heavy (non-hydrogen) atoms. The first kappa shape index (κ1) is 12.4. The van der Waals surface area contributed by atoms with Crippen LogP contribution in [0.15, 0.2) is 0 Å². The summed E-state index contributed by atoms with van der Waals surface area (Å²) < 4.78 is 0. The van der Waals surface area contributed by atoms with E-state index in [1.807, 2.05) is 0 Å². The molecule has 0 saturated carbocycles. The standard InChI is InChI=1S/C12H20N2O3/c15-11(9-3-5-13-6-4-9)14-7-1-2-10(8-14)12(16)17/h9-10,13H,1-8H2,(H,16,17)/t10-/m0/s1. The molecule has 0 aliphatic carbocycles. The lowest BCUT2D eigenvalue weighted by Crippen LogP contribution is -2.46. The molecule has 0 spiro atoms. The smallest absolute Gasteiger partial charge is 0.308 e. The first-order valence-electron chi connectivity index (χ1n) is 6.41. The molecule has 1 atom stereocenters. The van der Waals surface area contributed by atoms with E-state index in [2.05, 4.69) is 5.32 Å². The van der Waals surface area contributed by atoms with Crippen molar-refractivity contribution >= 4 is 11.9 Å². The van der Waals surface area contributed by atoms with Crippen LogP contribution in [0.1, 0.15) is 25.7 Å². The molecule has 0 radical (unpaired) electrons. The van der Waals surface area contributed by atoms with Crippen molar-refractivity contribution < 1.29 is 14.7 Å². The summed E-state index contributed by atoms with van der Waals surface area (Å²) in [5.41, 5.74) is 0. The van der Waals surface area contributed by atoms with Crippen LogP contribution in [0.4, 0.5) is 0 Å². The number of hydrogen-bond acceptors (Lipinski definition) is 3. The van der Waals surface area contributed by atoms with Crippen LogP contribution in [-0.4, -0.2) is 48.1 Å². The topological polar surface area (TPSA) is 69.6 Å². The van der Waals surface area contributed by atoms with E-state index in [0.717, 1.165) is 38.9 Å². The van der Waals surface area contributed by atoms with E-state index in [1.54, 1.807) is 4.90 Å². The quantitative estimate of drug-likeness (QED) is 0.729. The molecular weight excluding hydrogens is 220 g/mol. The van der Waals surface area contributed by atoms with Gasteiger partial charge in [-0.05, 0) is 38.8 Å². The zero-order valence-corrected chi connectivity index (χ0v) is 10.0. The zero-order valence-electron chi connectivity index (χ0n) is 10.0. The second kappa shape index (κ2) is 5.49. The maximum atomic E-state index is 12.2. The maximum Gasteiger partial charge on any atom is 0.308 e. The van der Waals surface area contributed by atoms with Crippen molar-refractivity contribution in [1.29, 1.82) is 0 Å². The molecular formula is C12H20N2O3. The third-order valence-electron chi connectivity index (χ3n) is 3.77. The molecule has 5 heteroatoms. The van der Waals surface area contributed by atoms with Crippen molar-refractivity contribution in [2.24, 2.45) is 11.8 Å². The number of aliphatic carboxylic acids is 1. The Balaban J connectivity index is 1.91. The van der Waals surface area contributed by atoms with Crippen LogP contribution >= 0.6 is 0 Å². The highest BCUT2D eigenvalue weighted by molar-refractivity contribution is 5.80. The minimum atomic E-state index is -0.771. The van der Waals surface area contributed by atoms with Gasteiger partial charge in [-0.25, -0.2) is 0 Å². The molecule has 0 bridgehead atoms. The third kappa shape index (κ3) is 2.97. The summed E-state index contributed by atoms with van der Waals surface area (Å²) in [4.78, 5) is 24.9. The number of rotatable bonds is 2. The lowest BCUT2D eigenvalue weighted by atomic mass is 9.93. The van der Waals surface area contributed by atoms with Crippen LogP contribution in [0.5, 0.6) is 0 Å². The van der Waals surface area contributed by atoms with E-state index < -0.39 is 5.97 Å². The fourth-order valence-electron chi connectivity index (χ4n) is 2.71. The monoisotopic (exact) mass is 240 g/mol. The number of likely N-dealkylation sites (tertiary alicyclic amines) is 1. The fraction of sp³-hybridized carbons (Fsp3) is 0.833. The Morgan fingerprint density at radius 3 is 2.47 bits per heavy atom. The molecule has 2 aliphatic rings. The lowest BCUT2D eigenvalue weighted by Gasteiger charge is -2.34. The molecule has 5 nitrogen and oxygen atoms in total. The van der Waals surface area contributed by atoms with Crippen LogP contribution in [0, 0.1) is 11.8 Å². The van der Waals surface area contributed by atoms with E-state index in [9.17, 15) is 9.59 Å². The van der Waals surface area contributed by atoms with Gasteiger partial charge in [-0.3, -0.25) is 9.59 Å². The summed E-state index contributed by atoms with van der Waals surface area (Å²) in [6, 6.07) is 0. The van der Waals surface area contributed by atoms with Gasteiger partial charge in [0.05, 0.1) is 5.92 Å². The first-order chi connectivity index (χ1) is 8.18. The van der Waals surface area contributed by atoms with Crippen LogP contribution in [-0.2, 0) is 9.59 Å². The Labute approximate surface area is 101 Å². The Bertz CT molecular complexity index is 300. The van der Waals surface area contributed by atoms with Gasteiger partial charge in [-0.15, -0.1) is 0 Å². The highest BCUT2D eigenvalue weighted by atomic mass is 16.4. The molecule has 0 aromatic rings. The van der Waals surface area contributed by atoms with Gasteiger partial charge >= 0.3 is 5.97 Å². The van der Waals surface area contributed by atoms with Gasteiger partial charge in [0, 0.05) is 19.0 Å². The molecule has 0 aromatic carbocycles. The van der Waals surface area contributed by atoms with E-state index in [4.69, 9.17) is 5.11 Å². The number of piperidine rings is 2. The highest BCUT2D eigenvalue weighted by Crippen LogP contribution is 2.21. The number of nitrogens with zero attached hydrogens (tertiary/aromatic N) is 1. The molecule has 2 rings (SSSR count). The Morgan fingerprint density at radius 2 is 1.82 bits per heavy atom. The minimum Gasteiger partial charge on any atom is -0.481 e. The summed E-state index contributed by atoms with van der Waals surface area (Å²) >= 11 is 0. The predicted molar refractivity (Wildman–Crippen MR) is 62.5 cm³/mol. The number of carbonyl (C=O) groups excluding carboxylic acids is 1. The van der Waals surface area contributed by atoms with Gasteiger partial charge in [0.1, 0.15) is 0 Å². The molecule has 0 unspecified atom stereocenters. The summed E-state index contributed by atoms with van der Waals surface area (Å²) in [6.07, 6.45) is 3.28. The first-order valence-corrected chi connectivity index (χ1v) is 6.41. The maximum absolute atomic E-state index is 12.2. The van der Waals surface area contributed by atoms with Crippen molar-refractivity contribution in [3.8, 4) is 0 Å². The molecule has 0 aromatic heterocycles. The molecule has 96 valence electrons. The van der Waals surface area contributed by atoms with E-state index in [-0.39, 0.29) is 17.7 Å². The van der Waals surface area contributed by atoms with Crippen molar-refractivity contribution in [2.45, 2.75) is 25.7 Å². The second-order valence-corrected chi connectivity index (χ2v) is 4.99. The third-order valence-corrected chi connectivity index (χ3v) is 3.77. The highest BCUT2D eigenvalue weighted by Gasteiger charge is 2.31. The van der Waals surface area contributed by atoms with Crippen LogP contribution in [0.2, 0.25) is 0 Å². The van der Waals surface area contributed by atoms with Crippen molar-refractivity contribution in [3.05, 3.63) is 0 Å². The molecule has 2 heterocycles. The number of carboxylic acid groups (broad SMARTS) is 1. The van der Waals surface area contributed by atoms with Crippen molar-refractivity contribution in [1.82, 2.24) is 10.2 Å². The lowest BCUT2D eigenvalue weighted by molar-refractivity contribution is -0.147. The number of carboxylic acids is 1. The van der Waals surface area contributed by atoms with Gasteiger partial charge in [-0.1, -0.05) is 0 Å². The largest absolute Gasteiger partial charge is 0.481 e. The number of hydrogen-bond donors (Lipinski definition) is 2. The second-order valence-electron chi connectivity index (χ2n) is 4.99. The average molecular weight is 240 g/mol. The average Bonchev–Trinajstić information content (AvgIpc) is 2.39. The Kier molecular flexibility index (Phi) is 3.99. The van der Waals surface area contributed by atoms with Gasteiger partial charge in [0.15, 0.2) is 0 Å². The van der Waals surface area contributed by atoms with Crippen molar-refractivity contribution in [3.63, 3.8) is 0 Å². The van der Waals surface area contributed by atoms with Crippen molar-refractivity contribution in [2.75, 3.05) is 26.2 Å². The summed E-state index contributed by atoms with van der Waals surface area (Å²) in [5.74, 6) is -0.872.